The molecule has 2 fully saturated rings. The molecule has 2 saturated heterocycles. The zero-order chi connectivity index (χ0) is 22.9. The van der Waals surface area contributed by atoms with Gasteiger partial charge >= 0.3 is 0 Å². The molecule has 1 N–H and O–H groups in total. The summed E-state index contributed by atoms with van der Waals surface area (Å²) in [4.78, 5) is 27.3. The number of amides is 2. The van der Waals surface area contributed by atoms with Crippen molar-refractivity contribution >= 4 is 39.3 Å². The normalized spacial score (nSPS) is 19.1. The average molecular weight is 475 g/mol. The van der Waals surface area contributed by atoms with Crippen LogP contribution in [0.4, 0.5) is 5.69 Å². The van der Waals surface area contributed by atoms with E-state index in [1.54, 1.807) is 24.3 Å². The lowest BCUT2D eigenvalue weighted by molar-refractivity contribution is -0.119. The van der Waals surface area contributed by atoms with E-state index in [1.165, 1.54) is 34.0 Å². The van der Waals surface area contributed by atoms with Crippen LogP contribution in [0, 0.1) is 18.3 Å². The summed E-state index contributed by atoms with van der Waals surface area (Å²) in [7, 11) is -3.72. The highest BCUT2D eigenvalue weighted by Gasteiger charge is 2.38. The topological polar surface area (TPSA) is 124 Å². The Bertz CT molecular complexity index is 1180. The molecule has 1 atom stereocenters. The van der Waals surface area contributed by atoms with E-state index in [0.29, 0.717) is 30.1 Å². The van der Waals surface area contributed by atoms with E-state index in [4.69, 9.17) is 9.68 Å². The number of nitrogens with zero attached hydrogens (tertiary/aromatic N) is 3. The highest BCUT2D eigenvalue weighted by atomic mass is 32.2. The van der Waals surface area contributed by atoms with E-state index < -0.39 is 22.0 Å². The quantitative estimate of drug-likeness (QED) is 0.706. The van der Waals surface area contributed by atoms with Crippen LogP contribution in [0.3, 0.4) is 0 Å². The molecule has 1 unspecified atom stereocenters. The summed E-state index contributed by atoms with van der Waals surface area (Å²) in [5.41, 5.74) is 0.996. The van der Waals surface area contributed by atoms with E-state index in [9.17, 15) is 18.0 Å². The van der Waals surface area contributed by atoms with E-state index >= 15 is 0 Å². The molecule has 4 rings (SSSR count). The second-order valence-corrected chi connectivity index (χ2v) is 10.5. The monoisotopic (exact) mass is 474 g/mol. The largest absolute Gasteiger partial charge is 0.455 e. The van der Waals surface area contributed by atoms with Crippen LogP contribution in [0.15, 0.2) is 39.6 Å². The zero-order valence-corrected chi connectivity index (χ0v) is 19.0. The predicted octanol–water partition coefficient (Wildman–Crippen LogP) is 2.40. The molecule has 0 aliphatic carbocycles. The Labute approximate surface area is 190 Å². The minimum absolute atomic E-state index is 0.00631. The van der Waals surface area contributed by atoms with Gasteiger partial charge in [-0.25, -0.2) is 8.42 Å². The van der Waals surface area contributed by atoms with Gasteiger partial charge in [0.05, 0.1) is 17.5 Å². The fourth-order valence-electron chi connectivity index (χ4n) is 3.75. The van der Waals surface area contributed by atoms with Gasteiger partial charge in [-0.15, -0.1) is 11.8 Å². The highest BCUT2D eigenvalue weighted by molar-refractivity contribution is 7.99. The Morgan fingerprint density at radius 1 is 1.22 bits per heavy atom. The lowest BCUT2D eigenvalue weighted by atomic mass is 10.2. The van der Waals surface area contributed by atoms with Crippen molar-refractivity contribution in [2.24, 2.45) is 0 Å². The van der Waals surface area contributed by atoms with Gasteiger partial charge in [-0.1, -0.05) is 0 Å². The number of aryl methyl sites for hydroxylation is 1. The first-order valence-corrected chi connectivity index (χ1v) is 12.7. The number of sulfonamides is 1. The maximum absolute atomic E-state index is 13.1. The molecular weight excluding hydrogens is 452 g/mol. The molecule has 0 radical (unpaired) electrons. The van der Waals surface area contributed by atoms with Crippen LogP contribution in [0.2, 0.25) is 0 Å². The minimum Gasteiger partial charge on any atom is -0.455 e. The second-order valence-electron chi connectivity index (χ2n) is 7.61. The molecule has 0 bridgehead atoms. The van der Waals surface area contributed by atoms with Crippen LogP contribution in [0.25, 0.3) is 0 Å². The second kappa shape index (κ2) is 8.97. The molecule has 2 aliphatic rings. The Morgan fingerprint density at radius 2 is 1.91 bits per heavy atom. The van der Waals surface area contributed by atoms with Crippen molar-refractivity contribution in [2.75, 3.05) is 30.0 Å². The average Bonchev–Trinajstić information content (AvgIpc) is 3.54. The summed E-state index contributed by atoms with van der Waals surface area (Å²) in [6.07, 6.45) is 1.62. The fourth-order valence-corrected chi connectivity index (χ4v) is 6.58. The van der Waals surface area contributed by atoms with Gasteiger partial charge in [0.2, 0.25) is 15.9 Å². The number of nitrogens with one attached hydrogen (secondary N) is 1. The number of anilines is 1. The van der Waals surface area contributed by atoms with Crippen LogP contribution >= 0.6 is 11.8 Å². The van der Waals surface area contributed by atoms with Crippen molar-refractivity contribution < 1.29 is 22.4 Å². The number of benzene rings is 1. The number of carbonyl (C=O) groups excluding carboxylic acids is 2. The summed E-state index contributed by atoms with van der Waals surface area (Å²) in [6, 6.07) is 8.98. The summed E-state index contributed by atoms with van der Waals surface area (Å²) < 4.78 is 32.7. The van der Waals surface area contributed by atoms with E-state index in [1.807, 2.05) is 6.07 Å². The lowest BCUT2D eigenvalue weighted by Gasteiger charge is -2.22. The summed E-state index contributed by atoms with van der Waals surface area (Å²) in [6.45, 7) is 2.43. The fraction of sp³-hybridized carbons (Fsp3) is 0.381. The molecule has 1 aromatic carbocycles. The summed E-state index contributed by atoms with van der Waals surface area (Å²) >= 11 is 1.43. The third kappa shape index (κ3) is 4.26. The number of carbonyl (C=O) groups is 2. The van der Waals surface area contributed by atoms with Crippen molar-refractivity contribution in [1.29, 1.82) is 5.26 Å². The van der Waals surface area contributed by atoms with Gasteiger partial charge < -0.3 is 14.6 Å². The summed E-state index contributed by atoms with van der Waals surface area (Å²) in [5, 5.41) is 11.6. The lowest BCUT2D eigenvalue weighted by Crippen LogP contribution is -2.44. The molecule has 2 aromatic rings. The van der Waals surface area contributed by atoms with Crippen molar-refractivity contribution in [3.05, 3.63) is 47.4 Å². The standard InChI is InChI=1S/C21H22N4O5S2/c1-14-19(32(28,29)24-8-2-3-9-24)10-18(30-14)21(27)25-13-31-12-17(25)20(26)23-16-6-4-15(11-22)5-7-16/h4-7,10,17H,2-3,8-9,12-13H2,1H3,(H,23,26). The first-order valence-electron chi connectivity index (χ1n) is 10.1. The number of furan rings is 1. The van der Waals surface area contributed by atoms with Crippen LogP contribution < -0.4 is 5.32 Å². The zero-order valence-electron chi connectivity index (χ0n) is 17.4. The Kier molecular flexibility index (Phi) is 6.28. The first-order chi connectivity index (χ1) is 15.3. The summed E-state index contributed by atoms with van der Waals surface area (Å²) in [5.74, 6) is -0.128. The van der Waals surface area contributed by atoms with Crippen molar-refractivity contribution in [2.45, 2.75) is 30.7 Å². The maximum atomic E-state index is 13.1. The number of hydrogen-bond acceptors (Lipinski definition) is 7. The Morgan fingerprint density at radius 3 is 2.56 bits per heavy atom. The first kappa shape index (κ1) is 22.4. The molecule has 9 nitrogen and oxygen atoms in total. The predicted molar refractivity (Wildman–Crippen MR) is 119 cm³/mol. The van der Waals surface area contributed by atoms with Crippen LogP contribution in [0.1, 0.15) is 34.7 Å². The van der Waals surface area contributed by atoms with Gasteiger partial charge in [-0.3, -0.25) is 9.59 Å². The smallest absolute Gasteiger partial charge is 0.291 e. The van der Waals surface area contributed by atoms with Crippen molar-refractivity contribution in [1.82, 2.24) is 9.21 Å². The van der Waals surface area contributed by atoms with E-state index in [0.717, 1.165) is 12.8 Å². The number of hydrogen-bond donors (Lipinski definition) is 1. The van der Waals surface area contributed by atoms with Gasteiger partial charge in [-0.2, -0.15) is 9.57 Å². The van der Waals surface area contributed by atoms with Gasteiger partial charge in [0.25, 0.3) is 5.91 Å². The molecule has 1 aromatic heterocycles. The van der Waals surface area contributed by atoms with Crippen molar-refractivity contribution in [3.8, 4) is 6.07 Å². The molecule has 0 spiro atoms. The Balaban J connectivity index is 1.51. The van der Waals surface area contributed by atoms with E-state index in [2.05, 4.69) is 5.32 Å². The van der Waals surface area contributed by atoms with E-state index in [-0.39, 0.29) is 28.2 Å². The maximum Gasteiger partial charge on any atom is 0.291 e. The van der Waals surface area contributed by atoms with Crippen LogP contribution in [-0.2, 0) is 14.8 Å². The van der Waals surface area contributed by atoms with Crippen LogP contribution in [0.5, 0.6) is 0 Å². The van der Waals surface area contributed by atoms with Crippen molar-refractivity contribution in [3.63, 3.8) is 0 Å². The Hall–Kier alpha value is -2.81. The third-order valence-electron chi connectivity index (χ3n) is 5.49. The highest BCUT2D eigenvalue weighted by Crippen LogP contribution is 2.29. The molecule has 2 aliphatic heterocycles. The molecule has 11 heteroatoms. The SMILES string of the molecule is Cc1oc(C(=O)N2CSCC2C(=O)Nc2ccc(C#N)cc2)cc1S(=O)(=O)N1CCCC1. The van der Waals surface area contributed by atoms with Crippen LogP contribution in [-0.4, -0.2) is 60.2 Å². The van der Waals surface area contributed by atoms with Gasteiger partial charge in [0.1, 0.15) is 16.7 Å². The number of nitriles is 1. The molecule has 3 heterocycles. The molecular formula is C21H22N4O5S2. The minimum atomic E-state index is -3.72. The van der Waals surface area contributed by atoms with Gasteiger partial charge in [0, 0.05) is 30.6 Å². The molecule has 32 heavy (non-hydrogen) atoms. The number of thioether (sulfide) groups is 1. The van der Waals surface area contributed by atoms with Gasteiger partial charge in [-0.05, 0) is 44.0 Å². The van der Waals surface area contributed by atoms with Gasteiger partial charge in [0.15, 0.2) is 5.76 Å². The number of rotatable bonds is 5. The third-order valence-corrected chi connectivity index (χ3v) is 8.51. The molecule has 168 valence electrons. The molecule has 0 saturated carbocycles. The molecule has 2 amide bonds.